The molecule has 0 bridgehead atoms. The average molecular weight is 252 g/mol. The molecule has 1 aromatic carbocycles. The van der Waals surface area contributed by atoms with E-state index in [-0.39, 0.29) is 0 Å². The number of benzene rings is 1. The number of nitrogens with one attached hydrogen (secondary N) is 1. The van der Waals surface area contributed by atoms with Crippen LogP contribution < -0.4 is 5.73 Å². The number of nitrogens with two attached hydrogens (primary N) is 1. The van der Waals surface area contributed by atoms with Gasteiger partial charge in [0, 0.05) is 24.9 Å². The monoisotopic (exact) mass is 252 g/mol. The van der Waals surface area contributed by atoms with Gasteiger partial charge >= 0.3 is 0 Å². The van der Waals surface area contributed by atoms with E-state index in [1.165, 1.54) is 0 Å². The molecule has 4 nitrogen and oxygen atoms in total. The van der Waals surface area contributed by atoms with Crippen molar-refractivity contribution in [1.29, 1.82) is 0 Å². The lowest BCUT2D eigenvalue weighted by Crippen LogP contribution is -1.97. The van der Waals surface area contributed by atoms with E-state index < -0.39 is 0 Å². The predicted molar refractivity (Wildman–Crippen MR) is 75.6 cm³/mol. The fraction of sp³-hybridized carbons (Fsp3) is 0.200. The van der Waals surface area contributed by atoms with Crippen LogP contribution in [0.5, 0.6) is 0 Å². The van der Waals surface area contributed by atoms with E-state index in [1.807, 2.05) is 42.6 Å². The van der Waals surface area contributed by atoms with Gasteiger partial charge < -0.3 is 10.7 Å². The van der Waals surface area contributed by atoms with Crippen LogP contribution in [0.4, 0.5) is 0 Å². The first kappa shape index (κ1) is 11.9. The summed E-state index contributed by atoms with van der Waals surface area (Å²) < 4.78 is 0. The summed E-state index contributed by atoms with van der Waals surface area (Å²) in [6.07, 6.45) is 3.56. The Morgan fingerprint density at radius 3 is 2.79 bits per heavy atom. The van der Waals surface area contributed by atoms with E-state index in [1.54, 1.807) is 0 Å². The lowest BCUT2D eigenvalue weighted by molar-refractivity contribution is 0.860. The highest BCUT2D eigenvalue weighted by atomic mass is 14.9. The maximum absolute atomic E-state index is 5.73. The molecule has 3 rings (SSSR count). The van der Waals surface area contributed by atoms with Crippen LogP contribution in [0.25, 0.3) is 11.0 Å². The number of imidazole rings is 1. The number of nitrogens with zero attached hydrogens (tertiary/aromatic N) is 2. The van der Waals surface area contributed by atoms with Crippen LogP contribution in [0, 0.1) is 0 Å². The smallest absolute Gasteiger partial charge is 0.107 e. The average Bonchev–Trinajstić information content (AvgIpc) is 2.89. The Hall–Kier alpha value is -2.20. The standard InChI is InChI=1S/C15H16N4/c16-10-11-4-3-6-13-15(11)19-14(18-13)8-7-12-5-1-2-9-17-12/h1-6,9H,7-8,10,16H2,(H,18,19). The largest absolute Gasteiger partial charge is 0.342 e. The molecular formula is C15H16N4. The highest BCUT2D eigenvalue weighted by Gasteiger charge is 2.06. The van der Waals surface area contributed by atoms with Crippen LogP contribution in [0.2, 0.25) is 0 Å². The first-order valence-electron chi connectivity index (χ1n) is 6.43. The summed E-state index contributed by atoms with van der Waals surface area (Å²) in [5.74, 6) is 0.988. The number of aromatic amines is 1. The SMILES string of the molecule is NCc1cccc2[nH]c(CCc3ccccn3)nc12. The summed E-state index contributed by atoms with van der Waals surface area (Å²) in [5.41, 5.74) is 9.93. The minimum absolute atomic E-state index is 0.516. The van der Waals surface area contributed by atoms with Gasteiger partial charge in [0.25, 0.3) is 0 Å². The summed E-state index contributed by atoms with van der Waals surface area (Å²) >= 11 is 0. The third-order valence-corrected chi connectivity index (χ3v) is 3.21. The Morgan fingerprint density at radius 1 is 1.05 bits per heavy atom. The Labute approximate surface area is 111 Å². The van der Waals surface area contributed by atoms with Gasteiger partial charge in [-0.15, -0.1) is 0 Å². The molecule has 3 N–H and O–H groups in total. The fourth-order valence-corrected chi connectivity index (χ4v) is 2.22. The maximum atomic E-state index is 5.73. The number of aryl methyl sites for hydroxylation is 2. The molecule has 0 amide bonds. The molecule has 96 valence electrons. The Balaban J connectivity index is 1.82. The summed E-state index contributed by atoms with van der Waals surface area (Å²) in [4.78, 5) is 12.3. The lowest BCUT2D eigenvalue weighted by atomic mass is 10.2. The third-order valence-electron chi connectivity index (χ3n) is 3.21. The fourth-order valence-electron chi connectivity index (χ4n) is 2.22. The predicted octanol–water partition coefficient (Wildman–Crippen LogP) is 2.20. The van der Waals surface area contributed by atoms with Crippen molar-refractivity contribution in [1.82, 2.24) is 15.0 Å². The number of hydrogen-bond acceptors (Lipinski definition) is 3. The zero-order valence-corrected chi connectivity index (χ0v) is 10.6. The molecule has 0 radical (unpaired) electrons. The molecule has 0 unspecified atom stereocenters. The normalized spacial score (nSPS) is 11.0. The molecule has 2 heterocycles. The van der Waals surface area contributed by atoms with E-state index >= 15 is 0 Å². The summed E-state index contributed by atoms with van der Waals surface area (Å²) in [5, 5.41) is 0. The molecule has 4 heteroatoms. The minimum Gasteiger partial charge on any atom is -0.342 e. The van der Waals surface area contributed by atoms with Crippen molar-refractivity contribution in [2.24, 2.45) is 5.73 Å². The van der Waals surface area contributed by atoms with Crippen LogP contribution in [0.3, 0.4) is 0 Å². The quantitative estimate of drug-likeness (QED) is 0.748. The van der Waals surface area contributed by atoms with Crippen LogP contribution in [0.15, 0.2) is 42.6 Å². The van der Waals surface area contributed by atoms with E-state index in [0.717, 1.165) is 41.0 Å². The van der Waals surface area contributed by atoms with Crippen LogP contribution in [-0.2, 0) is 19.4 Å². The maximum Gasteiger partial charge on any atom is 0.107 e. The van der Waals surface area contributed by atoms with Gasteiger partial charge in [0.05, 0.1) is 11.0 Å². The molecule has 0 aliphatic rings. The van der Waals surface area contributed by atoms with Crippen molar-refractivity contribution in [2.45, 2.75) is 19.4 Å². The second-order valence-corrected chi connectivity index (χ2v) is 4.52. The van der Waals surface area contributed by atoms with Crippen molar-refractivity contribution in [3.8, 4) is 0 Å². The molecule has 0 atom stereocenters. The van der Waals surface area contributed by atoms with Crippen molar-refractivity contribution in [3.05, 3.63) is 59.7 Å². The second-order valence-electron chi connectivity index (χ2n) is 4.52. The van der Waals surface area contributed by atoms with Gasteiger partial charge in [-0.2, -0.15) is 0 Å². The van der Waals surface area contributed by atoms with Gasteiger partial charge in [0.15, 0.2) is 0 Å². The Morgan fingerprint density at radius 2 is 2.00 bits per heavy atom. The summed E-state index contributed by atoms with van der Waals surface area (Å²) in [6, 6.07) is 12.0. The zero-order valence-electron chi connectivity index (χ0n) is 10.6. The van der Waals surface area contributed by atoms with Crippen LogP contribution >= 0.6 is 0 Å². The van der Waals surface area contributed by atoms with Crippen LogP contribution in [-0.4, -0.2) is 15.0 Å². The van der Waals surface area contributed by atoms with Crippen molar-refractivity contribution >= 4 is 11.0 Å². The molecule has 0 aliphatic heterocycles. The highest BCUT2D eigenvalue weighted by molar-refractivity contribution is 5.78. The summed E-state index contributed by atoms with van der Waals surface area (Å²) in [6.45, 7) is 0.516. The van der Waals surface area contributed by atoms with Gasteiger partial charge in [-0.1, -0.05) is 18.2 Å². The minimum atomic E-state index is 0.516. The van der Waals surface area contributed by atoms with Crippen molar-refractivity contribution in [3.63, 3.8) is 0 Å². The highest BCUT2D eigenvalue weighted by Crippen LogP contribution is 2.16. The number of pyridine rings is 1. The van der Waals surface area contributed by atoms with Gasteiger partial charge in [-0.05, 0) is 30.2 Å². The molecule has 2 aromatic heterocycles. The van der Waals surface area contributed by atoms with Gasteiger partial charge in [0.2, 0.25) is 0 Å². The number of para-hydroxylation sites is 1. The molecular weight excluding hydrogens is 236 g/mol. The number of hydrogen-bond donors (Lipinski definition) is 2. The second kappa shape index (κ2) is 5.20. The molecule has 0 spiro atoms. The first-order valence-corrected chi connectivity index (χ1v) is 6.43. The van der Waals surface area contributed by atoms with Gasteiger partial charge in [-0.3, -0.25) is 4.98 Å². The van der Waals surface area contributed by atoms with Crippen LogP contribution in [0.1, 0.15) is 17.1 Å². The van der Waals surface area contributed by atoms with E-state index in [4.69, 9.17) is 5.73 Å². The van der Waals surface area contributed by atoms with Crippen molar-refractivity contribution in [2.75, 3.05) is 0 Å². The molecule has 0 saturated carbocycles. The van der Waals surface area contributed by atoms with E-state index in [0.29, 0.717) is 6.54 Å². The molecule has 3 aromatic rings. The zero-order chi connectivity index (χ0) is 13.1. The van der Waals surface area contributed by atoms with E-state index in [9.17, 15) is 0 Å². The molecule has 0 aliphatic carbocycles. The number of H-pyrrole nitrogens is 1. The summed E-state index contributed by atoms with van der Waals surface area (Å²) in [7, 11) is 0. The lowest BCUT2D eigenvalue weighted by Gasteiger charge is -1.97. The van der Waals surface area contributed by atoms with E-state index in [2.05, 4.69) is 15.0 Å². The van der Waals surface area contributed by atoms with Crippen molar-refractivity contribution < 1.29 is 0 Å². The number of fused-ring (bicyclic) bond motifs is 1. The van der Waals surface area contributed by atoms with Gasteiger partial charge in [-0.25, -0.2) is 4.98 Å². The Kier molecular flexibility index (Phi) is 3.25. The first-order chi connectivity index (χ1) is 9.36. The molecule has 0 fully saturated rings. The Bertz CT molecular complexity index is 673. The topological polar surface area (TPSA) is 67.6 Å². The molecule has 0 saturated heterocycles. The number of rotatable bonds is 4. The number of aromatic nitrogens is 3. The van der Waals surface area contributed by atoms with Gasteiger partial charge in [0.1, 0.15) is 5.82 Å². The molecule has 19 heavy (non-hydrogen) atoms. The third kappa shape index (κ3) is 2.48.